The summed E-state index contributed by atoms with van der Waals surface area (Å²) in [5.74, 6) is 0. The predicted molar refractivity (Wildman–Crippen MR) is 123 cm³/mol. The molecule has 6 nitrogen and oxygen atoms in total. The summed E-state index contributed by atoms with van der Waals surface area (Å²) in [4.78, 5) is 7.97. The topological polar surface area (TPSA) is 83.3 Å². The van der Waals surface area contributed by atoms with Gasteiger partial charge in [0.2, 0.25) is 10.3 Å². The zero-order valence-electron chi connectivity index (χ0n) is 17.4. The summed E-state index contributed by atoms with van der Waals surface area (Å²) in [5.41, 5.74) is 1.62. The zero-order valence-corrected chi connectivity index (χ0v) is 19.8. The number of rotatable bonds is 5. The van der Waals surface area contributed by atoms with Crippen LogP contribution in [0.25, 0.3) is 16.0 Å². The van der Waals surface area contributed by atoms with Crippen LogP contribution in [-0.2, 0) is 34.9 Å². The van der Waals surface area contributed by atoms with Crippen LogP contribution in [0.1, 0.15) is 6.92 Å². The molecule has 0 aliphatic carbocycles. The molecule has 0 N–H and O–H groups in total. The monoisotopic (exact) mass is 539 g/mol. The minimum Gasteiger partial charge on any atom is -0.553 e. The van der Waals surface area contributed by atoms with Crippen molar-refractivity contribution in [3.8, 4) is 11.3 Å². The van der Waals surface area contributed by atoms with Gasteiger partial charge in [0, 0.05) is 18.6 Å². The van der Waals surface area contributed by atoms with Crippen LogP contribution >= 0.6 is 0 Å². The fourth-order valence-corrected chi connectivity index (χ4v) is 2.99. The molecule has 0 amide bonds. The van der Waals surface area contributed by atoms with Gasteiger partial charge in [0.15, 0.2) is 0 Å². The smallest absolute Gasteiger partial charge is 0.553 e. The first-order valence-corrected chi connectivity index (χ1v) is 10.9. The SMILES string of the molecule is CCOS(=O)(=O)[N-]c1ccccc1-c1ccccn1.[Pd+2].[c-]1ccccc1.c1ccncc1. The maximum atomic E-state index is 11.6. The largest absolute Gasteiger partial charge is 2.00 e. The van der Waals surface area contributed by atoms with Gasteiger partial charge >= 0.3 is 20.4 Å². The van der Waals surface area contributed by atoms with E-state index in [9.17, 15) is 8.42 Å². The normalized spacial score (nSPS) is 9.66. The van der Waals surface area contributed by atoms with Gasteiger partial charge < -0.3 is 4.72 Å². The summed E-state index contributed by atoms with van der Waals surface area (Å²) in [7, 11) is -3.92. The van der Waals surface area contributed by atoms with Crippen molar-refractivity contribution in [3.05, 3.63) is 120 Å². The molecule has 2 aromatic heterocycles. The molecule has 0 aliphatic rings. The maximum Gasteiger partial charge on any atom is 2.00 e. The van der Waals surface area contributed by atoms with Gasteiger partial charge in [-0.15, -0.1) is 5.69 Å². The number of nitrogens with zero attached hydrogens (tertiary/aromatic N) is 3. The van der Waals surface area contributed by atoms with Crippen LogP contribution < -0.4 is 0 Å². The van der Waals surface area contributed by atoms with Gasteiger partial charge in [0.25, 0.3) is 0 Å². The average molecular weight is 540 g/mol. The van der Waals surface area contributed by atoms with Crippen LogP contribution in [0.3, 0.4) is 0 Å². The van der Waals surface area contributed by atoms with Crippen molar-refractivity contribution < 1.29 is 33.0 Å². The van der Waals surface area contributed by atoms with Crippen molar-refractivity contribution in [3.63, 3.8) is 0 Å². The minimum absolute atomic E-state index is 0. The Morgan fingerprint density at radius 3 is 1.94 bits per heavy atom. The van der Waals surface area contributed by atoms with Gasteiger partial charge in [-0.05, 0) is 36.8 Å². The van der Waals surface area contributed by atoms with Gasteiger partial charge in [-0.2, -0.15) is 36.4 Å². The molecular weight excluding hydrogens is 517 g/mol. The number of hydrogen-bond acceptors (Lipinski definition) is 5. The molecule has 32 heavy (non-hydrogen) atoms. The molecule has 0 spiro atoms. The molecule has 168 valence electrons. The first-order chi connectivity index (χ1) is 15.1. The van der Waals surface area contributed by atoms with Gasteiger partial charge in [-0.1, -0.05) is 36.4 Å². The quantitative estimate of drug-likeness (QED) is 0.243. The summed E-state index contributed by atoms with van der Waals surface area (Å²) >= 11 is 0. The first-order valence-electron chi connectivity index (χ1n) is 9.51. The summed E-state index contributed by atoms with van der Waals surface area (Å²) in [6.45, 7) is 1.65. The third-order valence-electron chi connectivity index (χ3n) is 3.50. The molecule has 0 unspecified atom stereocenters. The van der Waals surface area contributed by atoms with E-state index in [1.54, 1.807) is 61.9 Å². The summed E-state index contributed by atoms with van der Waals surface area (Å²) in [5, 5.41) is 0. The van der Waals surface area contributed by atoms with Gasteiger partial charge in [0.05, 0.1) is 12.3 Å². The van der Waals surface area contributed by atoms with E-state index in [4.69, 9.17) is 0 Å². The van der Waals surface area contributed by atoms with Crippen LogP contribution in [-0.4, -0.2) is 25.0 Å². The molecule has 0 fully saturated rings. The molecule has 0 atom stereocenters. The van der Waals surface area contributed by atoms with Gasteiger partial charge in [-0.3, -0.25) is 14.2 Å². The Kier molecular flexibility index (Phi) is 13.4. The van der Waals surface area contributed by atoms with Crippen LogP contribution in [0.15, 0.2) is 110 Å². The molecule has 0 radical (unpaired) electrons. The van der Waals surface area contributed by atoms with E-state index in [-0.39, 0.29) is 27.0 Å². The Morgan fingerprint density at radius 2 is 1.47 bits per heavy atom. The van der Waals surface area contributed by atoms with Crippen LogP contribution in [0, 0.1) is 6.07 Å². The third-order valence-corrected chi connectivity index (χ3v) is 4.45. The number of aromatic nitrogens is 2. The van der Waals surface area contributed by atoms with Crippen molar-refractivity contribution in [1.82, 2.24) is 9.97 Å². The molecule has 4 rings (SSSR count). The summed E-state index contributed by atoms with van der Waals surface area (Å²) < 4.78 is 31.4. The molecule has 8 heteroatoms. The molecule has 0 saturated heterocycles. The van der Waals surface area contributed by atoms with E-state index < -0.39 is 10.3 Å². The molecular formula is C24H23N3O3PdS. The van der Waals surface area contributed by atoms with E-state index in [1.165, 1.54) is 0 Å². The van der Waals surface area contributed by atoms with E-state index >= 15 is 0 Å². The molecule has 0 bridgehead atoms. The second kappa shape index (κ2) is 15.8. The first kappa shape index (κ1) is 27.1. The predicted octanol–water partition coefficient (Wildman–Crippen LogP) is 5.60. The Bertz CT molecular complexity index is 1000. The van der Waals surface area contributed by atoms with Crippen LogP contribution in [0.2, 0.25) is 0 Å². The zero-order chi connectivity index (χ0) is 22.2. The minimum atomic E-state index is -3.92. The number of pyridine rings is 2. The Labute approximate surface area is 203 Å². The maximum absolute atomic E-state index is 11.6. The van der Waals surface area contributed by atoms with Crippen molar-refractivity contribution in [1.29, 1.82) is 0 Å². The van der Waals surface area contributed by atoms with Gasteiger partial charge in [-0.25, -0.2) is 8.42 Å². The second-order valence-corrected chi connectivity index (χ2v) is 7.03. The summed E-state index contributed by atoms with van der Waals surface area (Å²) in [6.07, 6.45) is 5.14. The Hall–Kier alpha value is -2.89. The Balaban J connectivity index is 0.000000320. The van der Waals surface area contributed by atoms with E-state index in [1.807, 2.05) is 54.6 Å². The molecule has 0 aliphatic heterocycles. The average Bonchev–Trinajstić information content (AvgIpc) is 2.83. The van der Waals surface area contributed by atoms with Crippen molar-refractivity contribution in [2.45, 2.75) is 6.92 Å². The van der Waals surface area contributed by atoms with E-state index in [2.05, 4.69) is 24.9 Å². The fourth-order valence-electron chi connectivity index (χ4n) is 2.24. The van der Waals surface area contributed by atoms with Gasteiger partial charge in [0.1, 0.15) is 0 Å². The number of benzene rings is 2. The third kappa shape index (κ3) is 10.9. The number of hydrogen-bond donors (Lipinski definition) is 0. The molecule has 0 saturated carbocycles. The van der Waals surface area contributed by atoms with Crippen LogP contribution in [0.4, 0.5) is 5.69 Å². The van der Waals surface area contributed by atoms with Crippen LogP contribution in [0.5, 0.6) is 0 Å². The molecule has 2 heterocycles. The fraction of sp³-hybridized carbons (Fsp3) is 0.0833. The van der Waals surface area contributed by atoms with Crippen molar-refractivity contribution >= 4 is 16.0 Å². The van der Waals surface area contributed by atoms with Crippen molar-refractivity contribution in [2.75, 3.05) is 6.61 Å². The Morgan fingerprint density at radius 1 is 0.844 bits per heavy atom. The second-order valence-electron chi connectivity index (χ2n) is 5.76. The van der Waals surface area contributed by atoms with E-state index in [0.717, 1.165) is 0 Å². The summed E-state index contributed by atoms with van der Waals surface area (Å²) in [6, 6.07) is 30.5. The molecule has 2 aromatic carbocycles. The van der Waals surface area contributed by atoms with E-state index in [0.29, 0.717) is 16.9 Å². The molecule has 4 aromatic rings. The standard InChI is InChI=1S/C13H13N2O3S.C6H5.C5H5N.Pd/c1-2-18-19(16,17)15-13-9-4-3-7-11(13)12-8-5-6-10-14-12;2*1-2-4-6-5-3-1;/h3-10H,2H2,1H3;2*1-5H;/q2*-1;;+2. The van der Waals surface area contributed by atoms with Crippen molar-refractivity contribution in [2.24, 2.45) is 0 Å².